The molecule has 1 aliphatic heterocycles. The maximum absolute atomic E-state index is 12.1. The van der Waals surface area contributed by atoms with Gasteiger partial charge in [-0.3, -0.25) is 4.79 Å². The summed E-state index contributed by atoms with van der Waals surface area (Å²) in [5, 5.41) is 14.3. The molecule has 1 saturated heterocycles. The van der Waals surface area contributed by atoms with Gasteiger partial charge in [0.15, 0.2) is 11.5 Å². The molecule has 1 fully saturated rings. The van der Waals surface area contributed by atoms with E-state index in [-0.39, 0.29) is 5.91 Å². The van der Waals surface area contributed by atoms with E-state index in [9.17, 15) is 4.79 Å². The van der Waals surface area contributed by atoms with Crippen molar-refractivity contribution in [2.24, 2.45) is 11.8 Å². The molecule has 1 aliphatic rings. The second-order valence-corrected chi connectivity index (χ2v) is 8.08. The Labute approximate surface area is 167 Å². The van der Waals surface area contributed by atoms with Gasteiger partial charge in [0.2, 0.25) is 0 Å². The largest absolute Gasteiger partial charge is 0.372 e. The van der Waals surface area contributed by atoms with Crippen molar-refractivity contribution < 1.29 is 4.79 Å². The Kier molecular flexibility index (Phi) is 6.85. The van der Waals surface area contributed by atoms with Gasteiger partial charge in [0.05, 0.1) is 0 Å². The molecular weight excluding hydrogens is 350 g/mol. The zero-order valence-corrected chi connectivity index (χ0v) is 17.1. The lowest BCUT2D eigenvalue weighted by molar-refractivity contribution is 0.0946. The van der Waals surface area contributed by atoms with Gasteiger partial charge < -0.3 is 15.5 Å². The number of anilines is 3. The van der Waals surface area contributed by atoms with E-state index in [4.69, 9.17) is 0 Å². The van der Waals surface area contributed by atoms with Gasteiger partial charge in [-0.1, -0.05) is 20.8 Å². The zero-order valence-electron chi connectivity index (χ0n) is 17.1. The van der Waals surface area contributed by atoms with Crippen LogP contribution in [0, 0.1) is 11.8 Å². The number of nitrogens with zero attached hydrogens (tertiary/aromatic N) is 3. The second kappa shape index (κ2) is 9.53. The van der Waals surface area contributed by atoms with Gasteiger partial charge >= 0.3 is 0 Å². The van der Waals surface area contributed by atoms with E-state index in [2.05, 4.69) is 70.8 Å². The monoisotopic (exact) mass is 381 g/mol. The smallest absolute Gasteiger partial charge is 0.271 e. The van der Waals surface area contributed by atoms with Crippen LogP contribution in [0.5, 0.6) is 0 Å². The number of aromatic nitrogens is 2. The molecule has 0 unspecified atom stereocenters. The molecule has 150 valence electrons. The Morgan fingerprint density at radius 2 is 1.82 bits per heavy atom. The maximum Gasteiger partial charge on any atom is 0.271 e. The number of rotatable bonds is 7. The van der Waals surface area contributed by atoms with Crippen molar-refractivity contribution in [3.63, 3.8) is 0 Å². The van der Waals surface area contributed by atoms with E-state index in [1.54, 1.807) is 12.1 Å². The van der Waals surface area contributed by atoms with Crippen LogP contribution in [0.4, 0.5) is 17.2 Å². The lowest BCUT2D eigenvalue weighted by Gasteiger charge is -2.32. The van der Waals surface area contributed by atoms with Crippen LogP contribution in [0.15, 0.2) is 36.4 Å². The lowest BCUT2D eigenvalue weighted by atomic mass is 9.99. The van der Waals surface area contributed by atoms with Crippen molar-refractivity contribution in [1.82, 2.24) is 15.5 Å². The van der Waals surface area contributed by atoms with E-state index in [1.165, 1.54) is 18.5 Å². The Bertz CT molecular complexity index is 750. The van der Waals surface area contributed by atoms with Crippen molar-refractivity contribution in [2.45, 2.75) is 40.0 Å². The number of piperidine rings is 1. The highest BCUT2D eigenvalue weighted by molar-refractivity contribution is 5.92. The highest BCUT2D eigenvalue weighted by Crippen LogP contribution is 2.25. The van der Waals surface area contributed by atoms with E-state index in [1.807, 2.05) is 0 Å². The van der Waals surface area contributed by atoms with Crippen molar-refractivity contribution >= 4 is 23.1 Å². The molecule has 2 heterocycles. The molecule has 1 aromatic heterocycles. The van der Waals surface area contributed by atoms with Crippen molar-refractivity contribution in [1.29, 1.82) is 0 Å². The first kappa shape index (κ1) is 20.1. The Balaban J connectivity index is 1.53. The quantitative estimate of drug-likeness (QED) is 0.751. The van der Waals surface area contributed by atoms with Crippen LogP contribution in [-0.2, 0) is 0 Å². The van der Waals surface area contributed by atoms with Gasteiger partial charge in [0.1, 0.15) is 0 Å². The van der Waals surface area contributed by atoms with Crippen LogP contribution >= 0.6 is 0 Å². The third-order valence-corrected chi connectivity index (χ3v) is 5.19. The van der Waals surface area contributed by atoms with Crippen LogP contribution in [-0.4, -0.2) is 35.7 Å². The summed E-state index contributed by atoms with van der Waals surface area (Å²) in [6.45, 7) is 9.49. The molecular formula is C22H31N5O. The fraction of sp³-hybridized carbons (Fsp3) is 0.500. The topological polar surface area (TPSA) is 70.2 Å². The van der Waals surface area contributed by atoms with E-state index in [0.29, 0.717) is 24.0 Å². The minimum Gasteiger partial charge on any atom is -0.372 e. The molecule has 2 aromatic rings. The fourth-order valence-electron chi connectivity index (χ4n) is 3.26. The molecule has 0 spiro atoms. The molecule has 0 saturated carbocycles. The van der Waals surface area contributed by atoms with Crippen LogP contribution in [0.2, 0.25) is 0 Å². The Morgan fingerprint density at radius 3 is 2.43 bits per heavy atom. The van der Waals surface area contributed by atoms with Gasteiger partial charge in [-0.15, -0.1) is 10.2 Å². The van der Waals surface area contributed by atoms with Crippen molar-refractivity contribution in [3.8, 4) is 0 Å². The number of hydrogen-bond donors (Lipinski definition) is 2. The van der Waals surface area contributed by atoms with Gasteiger partial charge in [-0.2, -0.15) is 0 Å². The normalized spacial score (nSPS) is 14.9. The summed E-state index contributed by atoms with van der Waals surface area (Å²) < 4.78 is 0. The molecule has 0 bridgehead atoms. The van der Waals surface area contributed by atoms with Crippen LogP contribution in [0.25, 0.3) is 0 Å². The Hall–Kier alpha value is -2.63. The predicted octanol–water partition coefficient (Wildman–Crippen LogP) is 4.23. The summed E-state index contributed by atoms with van der Waals surface area (Å²) in [6, 6.07) is 11.9. The molecule has 0 radical (unpaired) electrons. The molecule has 0 atom stereocenters. The summed E-state index contributed by atoms with van der Waals surface area (Å²) in [4.78, 5) is 14.5. The third-order valence-electron chi connectivity index (χ3n) is 5.19. The first-order chi connectivity index (χ1) is 13.5. The van der Waals surface area contributed by atoms with Crippen LogP contribution in [0.1, 0.15) is 50.5 Å². The van der Waals surface area contributed by atoms with Crippen molar-refractivity contribution in [3.05, 3.63) is 42.1 Å². The molecule has 2 N–H and O–H groups in total. The van der Waals surface area contributed by atoms with E-state index in [0.717, 1.165) is 31.1 Å². The van der Waals surface area contributed by atoms with E-state index >= 15 is 0 Å². The average Bonchev–Trinajstić information content (AvgIpc) is 2.69. The average molecular weight is 382 g/mol. The van der Waals surface area contributed by atoms with Gasteiger partial charge in [0.25, 0.3) is 5.91 Å². The summed E-state index contributed by atoms with van der Waals surface area (Å²) in [7, 11) is 0. The summed E-state index contributed by atoms with van der Waals surface area (Å²) in [6.07, 6.45) is 3.46. The standard InChI is InChI=1S/C22H31N5O/c1-16(2)10-13-23-22(28)20-8-9-21(26-25-20)24-18-4-6-19(7-5-18)27-14-11-17(3)12-15-27/h4-9,16-17H,10-15H2,1-3H3,(H,23,28)(H,24,26). The molecule has 6 nitrogen and oxygen atoms in total. The summed E-state index contributed by atoms with van der Waals surface area (Å²) >= 11 is 0. The summed E-state index contributed by atoms with van der Waals surface area (Å²) in [5.74, 6) is 1.83. The predicted molar refractivity (Wildman–Crippen MR) is 114 cm³/mol. The molecule has 6 heteroatoms. The third kappa shape index (κ3) is 5.68. The first-order valence-electron chi connectivity index (χ1n) is 10.2. The minimum absolute atomic E-state index is 0.181. The molecule has 0 aliphatic carbocycles. The zero-order chi connectivity index (χ0) is 19.9. The molecule has 1 aromatic carbocycles. The molecule has 3 rings (SSSR count). The fourth-order valence-corrected chi connectivity index (χ4v) is 3.26. The number of hydrogen-bond acceptors (Lipinski definition) is 5. The Morgan fingerprint density at radius 1 is 1.11 bits per heavy atom. The van der Waals surface area contributed by atoms with E-state index < -0.39 is 0 Å². The number of carbonyl (C=O) groups excluding carboxylic acids is 1. The highest BCUT2D eigenvalue weighted by atomic mass is 16.1. The minimum atomic E-state index is -0.181. The van der Waals surface area contributed by atoms with Gasteiger partial charge in [-0.05, 0) is 67.5 Å². The summed E-state index contributed by atoms with van der Waals surface area (Å²) in [5.41, 5.74) is 2.55. The second-order valence-electron chi connectivity index (χ2n) is 8.08. The maximum atomic E-state index is 12.1. The number of carbonyl (C=O) groups is 1. The van der Waals surface area contributed by atoms with Crippen LogP contribution in [0.3, 0.4) is 0 Å². The molecule has 28 heavy (non-hydrogen) atoms. The van der Waals surface area contributed by atoms with Crippen LogP contribution < -0.4 is 15.5 Å². The van der Waals surface area contributed by atoms with Gasteiger partial charge in [-0.25, -0.2) is 0 Å². The SMILES string of the molecule is CC(C)CCNC(=O)c1ccc(Nc2ccc(N3CCC(C)CC3)cc2)nn1. The number of benzene rings is 1. The van der Waals surface area contributed by atoms with Crippen molar-refractivity contribution in [2.75, 3.05) is 29.9 Å². The number of nitrogens with one attached hydrogen (secondary N) is 2. The molecule has 1 amide bonds. The highest BCUT2D eigenvalue weighted by Gasteiger charge is 2.15. The first-order valence-corrected chi connectivity index (χ1v) is 10.2. The van der Waals surface area contributed by atoms with Gasteiger partial charge in [0, 0.05) is 31.0 Å². The number of amides is 1. The lowest BCUT2D eigenvalue weighted by Crippen LogP contribution is -2.32.